The molecular weight excluding hydrogens is 332 g/mol. The van der Waals surface area contributed by atoms with E-state index < -0.39 is 0 Å². The molecule has 1 aromatic heterocycles. The Kier molecular flexibility index (Phi) is 5.53. The number of amides is 1. The summed E-state index contributed by atoms with van der Waals surface area (Å²) in [4.78, 5) is 16.8. The second-order valence-corrected chi connectivity index (χ2v) is 7.79. The summed E-state index contributed by atoms with van der Waals surface area (Å²) in [6.07, 6.45) is 1.77. The van der Waals surface area contributed by atoms with Gasteiger partial charge >= 0.3 is 0 Å². The van der Waals surface area contributed by atoms with Crippen LogP contribution in [-0.4, -0.2) is 52.9 Å². The number of aliphatic hydroxyl groups is 1. The van der Waals surface area contributed by atoms with Crippen LogP contribution in [0.4, 0.5) is 0 Å². The number of rotatable bonds is 6. The van der Waals surface area contributed by atoms with Crippen molar-refractivity contribution in [1.29, 1.82) is 0 Å². The number of hydrogen-bond acceptors (Lipinski definition) is 6. The van der Waals surface area contributed by atoms with Gasteiger partial charge in [-0.2, -0.15) is 11.8 Å². The minimum Gasteiger partial charge on any atom is -0.394 e. The SMILES string of the molecule is O=C(NCC1(OCCO)CCSCC1)c1nc2ccccc2s1. The molecule has 5 nitrogen and oxygen atoms in total. The highest BCUT2D eigenvalue weighted by molar-refractivity contribution is 7.99. The fourth-order valence-corrected chi connectivity index (χ4v) is 4.78. The minimum absolute atomic E-state index is 0.000703. The van der Waals surface area contributed by atoms with E-state index >= 15 is 0 Å². The smallest absolute Gasteiger partial charge is 0.280 e. The number of benzene rings is 1. The molecule has 3 rings (SSSR count). The van der Waals surface area contributed by atoms with Crippen LogP contribution in [0.5, 0.6) is 0 Å². The molecule has 0 aliphatic carbocycles. The van der Waals surface area contributed by atoms with E-state index in [-0.39, 0.29) is 18.1 Å². The maximum Gasteiger partial charge on any atom is 0.280 e. The molecule has 1 aliphatic heterocycles. The maximum atomic E-state index is 12.4. The van der Waals surface area contributed by atoms with E-state index in [9.17, 15) is 4.79 Å². The van der Waals surface area contributed by atoms with Gasteiger partial charge in [0.2, 0.25) is 0 Å². The van der Waals surface area contributed by atoms with Crippen LogP contribution in [0, 0.1) is 0 Å². The van der Waals surface area contributed by atoms with Crippen molar-refractivity contribution in [2.75, 3.05) is 31.3 Å². The van der Waals surface area contributed by atoms with Gasteiger partial charge in [-0.05, 0) is 36.5 Å². The number of hydrogen-bond donors (Lipinski definition) is 2. The lowest BCUT2D eigenvalue weighted by molar-refractivity contribution is -0.0608. The number of fused-ring (bicyclic) bond motifs is 1. The van der Waals surface area contributed by atoms with Crippen LogP contribution in [0.15, 0.2) is 24.3 Å². The molecule has 2 N–H and O–H groups in total. The molecule has 0 atom stereocenters. The van der Waals surface area contributed by atoms with Crippen LogP contribution in [0.3, 0.4) is 0 Å². The standard InChI is InChI=1S/C16H20N2O3S2/c19-7-8-21-16(5-9-22-10-6-16)11-17-14(20)15-18-12-3-1-2-4-13(12)23-15/h1-4,19H,5-11H2,(H,17,20). The lowest BCUT2D eigenvalue weighted by Gasteiger charge is -2.36. The number of aromatic nitrogens is 1. The minimum atomic E-state index is -0.361. The number of thioether (sulfide) groups is 1. The van der Waals surface area contributed by atoms with Crippen LogP contribution in [0.1, 0.15) is 22.6 Å². The molecule has 0 spiro atoms. The summed E-state index contributed by atoms with van der Waals surface area (Å²) in [6, 6.07) is 7.74. The van der Waals surface area contributed by atoms with Crippen molar-refractivity contribution in [2.45, 2.75) is 18.4 Å². The first kappa shape index (κ1) is 16.7. The van der Waals surface area contributed by atoms with E-state index in [1.54, 1.807) is 0 Å². The zero-order valence-electron chi connectivity index (χ0n) is 12.8. The Labute approximate surface area is 143 Å². The maximum absolute atomic E-state index is 12.4. The van der Waals surface area contributed by atoms with E-state index in [0.29, 0.717) is 18.2 Å². The largest absolute Gasteiger partial charge is 0.394 e. The number of carbonyl (C=O) groups excluding carboxylic acids is 1. The Bertz CT molecular complexity index is 635. The Morgan fingerprint density at radius 1 is 1.35 bits per heavy atom. The van der Waals surface area contributed by atoms with Gasteiger partial charge in [0.15, 0.2) is 5.01 Å². The van der Waals surface area contributed by atoms with Gasteiger partial charge in [-0.1, -0.05) is 12.1 Å². The molecule has 124 valence electrons. The Balaban J connectivity index is 1.66. The summed E-state index contributed by atoms with van der Waals surface area (Å²) in [5.41, 5.74) is 0.489. The van der Waals surface area contributed by atoms with Crippen molar-refractivity contribution in [3.05, 3.63) is 29.3 Å². The molecule has 1 saturated heterocycles. The highest BCUT2D eigenvalue weighted by Gasteiger charge is 2.34. The zero-order valence-corrected chi connectivity index (χ0v) is 14.4. The number of ether oxygens (including phenoxy) is 1. The molecule has 0 radical (unpaired) electrons. The van der Waals surface area contributed by atoms with Crippen LogP contribution >= 0.6 is 23.1 Å². The van der Waals surface area contributed by atoms with E-state index in [2.05, 4.69) is 10.3 Å². The van der Waals surface area contributed by atoms with Gasteiger partial charge in [0, 0.05) is 6.54 Å². The molecule has 7 heteroatoms. The van der Waals surface area contributed by atoms with Crippen LogP contribution < -0.4 is 5.32 Å². The summed E-state index contributed by atoms with van der Waals surface area (Å²) < 4.78 is 6.88. The highest BCUT2D eigenvalue weighted by atomic mass is 32.2. The molecule has 2 aromatic rings. The monoisotopic (exact) mass is 352 g/mol. The third kappa shape index (κ3) is 4.03. The third-order valence-electron chi connectivity index (χ3n) is 3.96. The fourth-order valence-electron chi connectivity index (χ4n) is 2.66. The first-order chi connectivity index (χ1) is 11.2. The molecule has 2 heterocycles. The van der Waals surface area contributed by atoms with Crippen molar-refractivity contribution in [1.82, 2.24) is 10.3 Å². The molecule has 23 heavy (non-hydrogen) atoms. The van der Waals surface area contributed by atoms with Crippen molar-refractivity contribution in [2.24, 2.45) is 0 Å². The van der Waals surface area contributed by atoms with Gasteiger partial charge in [-0.25, -0.2) is 4.98 Å². The van der Waals surface area contributed by atoms with Crippen molar-refractivity contribution in [3.8, 4) is 0 Å². The van der Waals surface area contributed by atoms with Crippen molar-refractivity contribution in [3.63, 3.8) is 0 Å². The predicted molar refractivity (Wildman–Crippen MR) is 94.3 cm³/mol. The van der Waals surface area contributed by atoms with E-state index in [0.717, 1.165) is 34.6 Å². The van der Waals surface area contributed by atoms with Gasteiger partial charge in [0.1, 0.15) is 0 Å². The molecule has 0 saturated carbocycles. The summed E-state index contributed by atoms with van der Waals surface area (Å²) in [6.45, 7) is 0.769. The van der Waals surface area contributed by atoms with Crippen molar-refractivity contribution >= 4 is 39.2 Å². The lowest BCUT2D eigenvalue weighted by Crippen LogP contribution is -2.48. The normalized spacial score (nSPS) is 17.3. The number of para-hydroxylation sites is 1. The second-order valence-electron chi connectivity index (χ2n) is 5.54. The Hall–Kier alpha value is -1.15. The summed E-state index contributed by atoms with van der Waals surface area (Å²) >= 11 is 3.30. The molecule has 0 bridgehead atoms. The quantitative estimate of drug-likeness (QED) is 0.835. The second kappa shape index (κ2) is 7.61. The van der Waals surface area contributed by atoms with E-state index in [1.807, 2.05) is 36.0 Å². The van der Waals surface area contributed by atoms with Crippen LogP contribution in [-0.2, 0) is 4.74 Å². The van der Waals surface area contributed by atoms with E-state index in [4.69, 9.17) is 9.84 Å². The fraction of sp³-hybridized carbons (Fsp3) is 0.500. The summed E-state index contributed by atoms with van der Waals surface area (Å²) in [7, 11) is 0. The molecule has 1 aliphatic rings. The molecule has 0 unspecified atom stereocenters. The number of carbonyl (C=O) groups is 1. The van der Waals surface area contributed by atoms with E-state index in [1.165, 1.54) is 11.3 Å². The van der Waals surface area contributed by atoms with Gasteiger partial charge < -0.3 is 15.2 Å². The average molecular weight is 352 g/mol. The number of nitrogens with one attached hydrogen (secondary N) is 1. The van der Waals surface area contributed by atoms with Gasteiger partial charge in [0.25, 0.3) is 5.91 Å². The molecule has 1 amide bonds. The highest BCUT2D eigenvalue weighted by Crippen LogP contribution is 2.30. The number of nitrogens with zero attached hydrogens (tertiary/aromatic N) is 1. The summed E-state index contributed by atoms with van der Waals surface area (Å²) in [5.74, 6) is 1.88. The first-order valence-corrected chi connectivity index (χ1v) is 9.66. The first-order valence-electron chi connectivity index (χ1n) is 7.69. The van der Waals surface area contributed by atoms with Crippen LogP contribution in [0.2, 0.25) is 0 Å². The molecular formula is C16H20N2O3S2. The zero-order chi connectivity index (χ0) is 16.1. The lowest BCUT2D eigenvalue weighted by atomic mass is 9.96. The Morgan fingerprint density at radius 2 is 2.13 bits per heavy atom. The summed E-state index contributed by atoms with van der Waals surface area (Å²) in [5, 5.41) is 12.5. The van der Waals surface area contributed by atoms with Gasteiger partial charge in [-0.3, -0.25) is 4.79 Å². The molecule has 1 aromatic carbocycles. The molecule has 1 fully saturated rings. The van der Waals surface area contributed by atoms with Gasteiger partial charge in [0.05, 0.1) is 29.0 Å². The third-order valence-corrected chi connectivity index (χ3v) is 5.98. The number of aliphatic hydroxyl groups excluding tert-OH is 1. The van der Waals surface area contributed by atoms with Crippen LogP contribution in [0.25, 0.3) is 10.2 Å². The average Bonchev–Trinajstić information content (AvgIpc) is 3.03. The Morgan fingerprint density at radius 3 is 2.87 bits per heavy atom. The number of thiazole rings is 1. The predicted octanol–water partition coefficient (Wildman–Crippen LogP) is 2.30. The van der Waals surface area contributed by atoms with Crippen molar-refractivity contribution < 1.29 is 14.6 Å². The van der Waals surface area contributed by atoms with Gasteiger partial charge in [-0.15, -0.1) is 11.3 Å². The topological polar surface area (TPSA) is 71.5 Å².